The van der Waals surface area contributed by atoms with Crippen molar-refractivity contribution < 1.29 is 13.2 Å². The van der Waals surface area contributed by atoms with Gasteiger partial charge in [0.25, 0.3) is 0 Å². The molecule has 0 aliphatic heterocycles. The smallest absolute Gasteiger partial charge is 0.241 e. The Hall–Kier alpha value is -2.29. The Balaban J connectivity index is 1.70. The number of fused-ring (bicyclic) bond motifs is 1. The molecular weight excluding hydrogens is 430 g/mol. The third kappa shape index (κ3) is 6.35. The molecule has 0 fully saturated rings. The number of amides is 1. The maximum absolute atomic E-state index is 13.0. The van der Waals surface area contributed by atoms with Crippen LogP contribution in [0.15, 0.2) is 47.4 Å². The van der Waals surface area contributed by atoms with E-state index in [1.807, 2.05) is 45.9 Å². The van der Waals surface area contributed by atoms with Gasteiger partial charge in [-0.3, -0.25) is 4.79 Å². The van der Waals surface area contributed by atoms with Gasteiger partial charge in [-0.2, -0.15) is 4.72 Å². The maximum atomic E-state index is 13.0. The molecule has 166 valence electrons. The van der Waals surface area contributed by atoms with Crippen LogP contribution < -0.4 is 10.0 Å². The van der Waals surface area contributed by atoms with Gasteiger partial charge in [-0.1, -0.05) is 43.7 Å². The van der Waals surface area contributed by atoms with Gasteiger partial charge in [-0.25, -0.2) is 13.4 Å². The van der Waals surface area contributed by atoms with E-state index in [1.165, 1.54) is 23.0 Å². The molecule has 0 aliphatic carbocycles. The topological polar surface area (TPSA) is 88.2 Å². The lowest BCUT2D eigenvalue weighted by molar-refractivity contribution is -0.123. The first-order valence-electron chi connectivity index (χ1n) is 10.4. The van der Waals surface area contributed by atoms with Crippen LogP contribution in [0.5, 0.6) is 0 Å². The SMILES string of the molecule is Cc1cccc(CCNC(=O)[C@H](CC(C)C)NS(=O)(=O)c2ccc3nc(C)sc3c2)c1. The molecule has 6 nitrogen and oxygen atoms in total. The molecule has 3 rings (SSSR count). The third-order valence-electron chi connectivity index (χ3n) is 4.89. The highest BCUT2D eigenvalue weighted by Crippen LogP contribution is 2.25. The van der Waals surface area contributed by atoms with Gasteiger partial charge >= 0.3 is 0 Å². The number of rotatable bonds is 9. The Kier molecular flexibility index (Phi) is 7.46. The number of nitrogens with zero attached hydrogens (tertiary/aromatic N) is 1. The number of benzene rings is 2. The van der Waals surface area contributed by atoms with Crippen molar-refractivity contribution in [2.45, 2.75) is 51.5 Å². The van der Waals surface area contributed by atoms with Gasteiger partial charge in [0.2, 0.25) is 15.9 Å². The van der Waals surface area contributed by atoms with Crippen molar-refractivity contribution in [2.75, 3.05) is 6.54 Å². The predicted octanol–water partition coefficient (Wildman–Crippen LogP) is 3.97. The zero-order chi connectivity index (χ0) is 22.6. The van der Waals surface area contributed by atoms with Crippen LogP contribution in [0.3, 0.4) is 0 Å². The fourth-order valence-corrected chi connectivity index (χ4v) is 5.62. The van der Waals surface area contributed by atoms with Crippen LogP contribution in [0.4, 0.5) is 0 Å². The first-order chi connectivity index (χ1) is 14.6. The van der Waals surface area contributed by atoms with Gasteiger partial charge in [-0.15, -0.1) is 11.3 Å². The third-order valence-corrected chi connectivity index (χ3v) is 7.30. The van der Waals surface area contributed by atoms with Crippen molar-refractivity contribution in [1.82, 2.24) is 15.0 Å². The van der Waals surface area contributed by atoms with Crippen LogP contribution in [0, 0.1) is 19.8 Å². The quantitative estimate of drug-likeness (QED) is 0.507. The molecule has 2 N–H and O–H groups in total. The first kappa shape index (κ1) is 23.4. The molecule has 2 aromatic carbocycles. The summed E-state index contributed by atoms with van der Waals surface area (Å²) in [4.78, 5) is 17.3. The molecule has 1 aromatic heterocycles. The van der Waals surface area contributed by atoms with E-state index in [9.17, 15) is 13.2 Å². The Bertz CT molecular complexity index is 1170. The van der Waals surface area contributed by atoms with Gasteiger partial charge in [0, 0.05) is 6.54 Å². The van der Waals surface area contributed by atoms with E-state index in [-0.39, 0.29) is 16.7 Å². The van der Waals surface area contributed by atoms with Crippen molar-refractivity contribution in [3.8, 4) is 0 Å². The molecule has 1 heterocycles. The second-order valence-electron chi connectivity index (χ2n) is 8.20. The highest BCUT2D eigenvalue weighted by atomic mass is 32.2. The maximum Gasteiger partial charge on any atom is 0.241 e. The van der Waals surface area contributed by atoms with Crippen LogP contribution in [0.25, 0.3) is 10.2 Å². The first-order valence-corrected chi connectivity index (χ1v) is 12.7. The number of hydrogen-bond acceptors (Lipinski definition) is 5. The molecule has 3 aromatic rings. The van der Waals surface area contributed by atoms with E-state index < -0.39 is 16.1 Å². The van der Waals surface area contributed by atoms with Gasteiger partial charge in [0.1, 0.15) is 6.04 Å². The summed E-state index contributed by atoms with van der Waals surface area (Å²) in [5.41, 5.74) is 3.07. The van der Waals surface area contributed by atoms with Gasteiger partial charge < -0.3 is 5.32 Å². The summed E-state index contributed by atoms with van der Waals surface area (Å²) in [6.07, 6.45) is 1.10. The average Bonchev–Trinajstić information content (AvgIpc) is 3.06. The van der Waals surface area contributed by atoms with E-state index in [2.05, 4.69) is 21.1 Å². The number of aryl methyl sites for hydroxylation is 2. The number of aromatic nitrogens is 1. The summed E-state index contributed by atoms with van der Waals surface area (Å²) in [7, 11) is -3.85. The average molecular weight is 460 g/mol. The van der Waals surface area contributed by atoms with Crippen LogP contribution in [0.1, 0.15) is 36.4 Å². The Morgan fingerprint density at radius 2 is 1.90 bits per heavy atom. The summed E-state index contributed by atoms with van der Waals surface area (Å²) >= 11 is 1.45. The largest absolute Gasteiger partial charge is 0.354 e. The molecular formula is C23H29N3O3S2. The second-order valence-corrected chi connectivity index (χ2v) is 11.1. The lowest BCUT2D eigenvalue weighted by Gasteiger charge is -2.20. The number of hydrogen-bond donors (Lipinski definition) is 2. The molecule has 0 aliphatic rings. The zero-order valence-corrected chi connectivity index (χ0v) is 19.9. The fraction of sp³-hybridized carbons (Fsp3) is 0.391. The second kappa shape index (κ2) is 9.89. The van der Waals surface area contributed by atoms with Crippen molar-refractivity contribution in [1.29, 1.82) is 0 Å². The Morgan fingerprint density at radius 1 is 1.13 bits per heavy atom. The van der Waals surface area contributed by atoms with E-state index in [4.69, 9.17) is 0 Å². The minimum atomic E-state index is -3.85. The van der Waals surface area contributed by atoms with Crippen molar-refractivity contribution in [2.24, 2.45) is 5.92 Å². The van der Waals surface area contributed by atoms with Gasteiger partial charge in [0.15, 0.2) is 0 Å². The van der Waals surface area contributed by atoms with E-state index in [0.717, 1.165) is 20.8 Å². The lowest BCUT2D eigenvalue weighted by atomic mass is 10.0. The highest BCUT2D eigenvalue weighted by Gasteiger charge is 2.26. The number of carbonyl (C=O) groups is 1. The predicted molar refractivity (Wildman–Crippen MR) is 126 cm³/mol. The van der Waals surface area contributed by atoms with Crippen LogP contribution in [0.2, 0.25) is 0 Å². The number of nitrogens with one attached hydrogen (secondary N) is 2. The molecule has 0 unspecified atom stereocenters. The number of thiazole rings is 1. The summed E-state index contributed by atoms with van der Waals surface area (Å²) in [5, 5.41) is 3.77. The zero-order valence-electron chi connectivity index (χ0n) is 18.3. The Labute approximate surface area is 188 Å². The van der Waals surface area contributed by atoms with Crippen molar-refractivity contribution in [3.05, 3.63) is 58.6 Å². The van der Waals surface area contributed by atoms with Gasteiger partial charge in [0.05, 0.1) is 20.1 Å². The molecule has 8 heteroatoms. The molecule has 0 bridgehead atoms. The summed E-state index contributed by atoms with van der Waals surface area (Å²) in [6.45, 7) is 8.29. The fourth-order valence-electron chi connectivity index (χ4n) is 3.44. The van der Waals surface area contributed by atoms with E-state index in [0.29, 0.717) is 19.4 Å². The molecule has 1 atom stereocenters. The minimum Gasteiger partial charge on any atom is -0.354 e. The lowest BCUT2D eigenvalue weighted by Crippen LogP contribution is -2.47. The van der Waals surface area contributed by atoms with Crippen molar-refractivity contribution in [3.63, 3.8) is 0 Å². The highest BCUT2D eigenvalue weighted by molar-refractivity contribution is 7.89. The summed E-state index contributed by atoms with van der Waals surface area (Å²) in [6, 6.07) is 12.1. The van der Waals surface area contributed by atoms with Crippen LogP contribution in [-0.2, 0) is 21.2 Å². The van der Waals surface area contributed by atoms with Crippen LogP contribution >= 0.6 is 11.3 Å². The molecule has 0 saturated heterocycles. The monoisotopic (exact) mass is 459 g/mol. The van der Waals surface area contributed by atoms with E-state index in [1.54, 1.807) is 12.1 Å². The molecule has 1 amide bonds. The minimum absolute atomic E-state index is 0.143. The van der Waals surface area contributed by atoms with Gasteiger partial charge in [-0.05, 0) is 56.4 Å². The van der Waals surface area contributed by atoms with Crippen LogP contribution in [-0.4, -0.2) is 31.9 Å². The number of carbonyl (C=O) groups excluding carboxylic acids is 1. The normalized spacial score (nSPS) is 12.9. The van der Waals surface area contributed by atoms with E-state index >= 15 is 0 Å². The molecule has 0 saturated carbocycles. The molecule has 0 spiro atoms. The summed E-state index contributed by atoms with van der Waals surface area (Å²) in [5.74, 6) is -0.151. The molecule has 0 radical (unpaired) electrons. The standard InChI is InChI=1S/C23H29N3O3S2/c1-15(2)12-21(23(27)24-11-10-18-7-5-6-16(3)13-18)26-31(28,29)19-8-9-20-22(14-19)30-17(4)25-20/h5-9,13-15,21,26H,10-12H2,1-4H3,(H,24,27)/t21-/m0/s1. The number of sulfonamides is 1. The molecule has 31 heavy (non-hydrogen) atoms. The summed E-state index contributed by atoms with van der Waals surface area (Å²) < 4.78 is 29.4. The Morgan fingerprint density at radius 3 is 2.61 bits per heavy atom. The van der Waals surface area contributed by atoms with Crippen molar-refractivity contribution >= 4 is 37.5 Å².